The zero-order valence-corrected chi connectivity index (χ0v) is 20.8. The summed E-state index contributed by atoms with van der Waals surface area (Å²) in [7, 11) is -0.227. The molecule has 0 saturated heterocycles. The van der Waals surface area contributed by atoms with Gasteiger partial charge in [-0.2, -0.15) is 12.7 Å². The number of hydrogen-bond acceptors (Lipinski definition) is 4. The smallest absolute Gasteiger partial charge is 0.301 e. The molecule has 2 rings (SSSR count). The van der Waals surface area contributed by atoms with E-state index in [-0.39, 0.29) is 17.8 Å². The first-order valence-electron chi connectivity index (χ1n) is 11.8. The van der Waals surface area contributed by atoms with Crippen molar-refractivity contribution in [2.24, 2.45) is 0 Å². The Bertz CT molecular complexity index is 830. The molecule has 0 amide bonds. The van der Waals surface area contributed by atoms with Crippen LogP contribution in [0.1, 0.15) is 57.8 Å². The molecular formula is C24H39F2N3O3S. The Kier molecular flexibility index (Phi) is 11.7. The topological polar surface area (TPSA) is 61.9 Å². The summed E-state index contributed by atoms with van der Waals surface area (Å²) in [6, 6.07) is 2.80. The lowest BCUT2D eigenvalue weighted by Gasteiger charge is -2.34. The molecule has 1 aromatic rings. The lowest BCUT2D eigenvalue weighted by atomic mass is 9.93. The number of halogens is 2. The van der Waals surface area contributed by atoms with Crippen molar-refractivity contribution in [3.63, 3.8) is 0 Å². The number of nitrogens with one attached hydrogen (secondary N) is 1. The minimum absolute atomic E-state index is 0.00144. The lowest BCUT2D eigenvalue weighted by molar-refractivity contribution is 0.0157. The molecule has 33 heavy (non-hydrogen) atoms. The highest BCUT2D eigenvalue weighted by Crippen LogP contribution is 2.27. The first kappa shape index (κ1) is 27.7. The van der Waals surface area contributed by atoms with Gasteiger partial charge in [0.2, 0.25) is 0 Å². The summed E-state index contributed by atoms with van der Waals surface area (Å²) in [4.78, 5) is 2.27. The van der Waals surface area contributed by atoms with Crippen molar-refractivity contribution in [1.29, 1.82) is 0 Å². The Morgan fingerprint density at radius 1 is 1.06 bits per heavy atom. The largest absolute Gasteiger partial charge is 0.378 e. The number of benzene rings is 1. The van der Waals surface area contributed by atoms with Gasteiger partial charge in [0, 0.05) is 32.3 Å². The maximum Gasteiger partial charge on any atom is 0.301 e. The van der Waals surface area contributed by atoms with Crippen LogP contribution in [0.5, 0.6) is 0 Å². The van der Waals surface area contributed by atoms with Gasteiger partial charge >= 0.3 is 10.2 Å². The average Bonchev–Trinajstić information content (AvgIpc) is 2.78. The van der Waals surface area contributed by atoms with Crippen molar-refractivity contribution in [1.82, 2.24) is 9.21 Å². The number of nitrogens with zero attached hydrogens (tertiary/aromatic N) is 2. The molecule has 1 fully saturated rings. The normalized spacial score (nSPS) is 19.2. The van der Waals surface area contributed by atoms with Crippen LogP contribution in [0.4, 0.5) is 14.5 Å². The molecule has 9 heteroatoms. The molecular weight excluding hydrogens is 448 g/mol. The molecule has 1 aliphatic rings. The van der Waals surface area contributed by atoms with Crippen molar-refractivity contribution < 1.29 is 21.9 Å². The van der Waals surface area contributed by atoms with Gasteiger partial charge in [-0.3, -0.25) is 4.72 Å². The Morgan fingerprint density at radius 3 is 2.39 bits per heavy atom. The predicted molar refractivity (Wildman–Crippen MR) is 129 cm³/mol. The molecule has 0 unspecified atom stereocenters. The van der Waals surface area contributed by atoms with Gasteiger partial charge in [-0.25, -0.2) is 8.78 Å². The minimum atomic E-state index is -3.86. The van der Waals surface area contributed by atoms with Crippen LogP contribution in [-0.2, 0) is 14.9 Å². The zero-order chi connectivity index (χ0) is 24.3. The molecule has 1 aliphatic carbocycles. The Morgan fingerprint density at radius 2 is 1.73 bits per heavy atom. The van der Waals surface area contributed by atoms with Crippen LogP contribution < -0.4 is 4.72 Å². The van der Waals surface area contributed by atoms with Gasteiger partial charge in [0.25, 0.3) is 0 Å². The number of rotatable bonds is 15. The number of ether oxygens (including phenoxy) is 1. The summed E-state index contributed by atoms with van der Waals surface area (Å²) < 4.78 is 61.3. The first-order valence-corrected chi connectivity index (χ1v) is 13.3. The molecule has 0 radical (unpaired) electrons. The van der Waals surface area contributed by atoms with Crippen molar-refractivity contribution in [3.05, 3.63) is 42.5 Å². The lowest BCUT2D eigenvalue weighted by Crippen LogP contribution is -2.43. The fourth-order valence-corrected chi connectivity index (χ4v) is 5.30. The Balaban J connectivity index is 1.61. The van der Waals surface area contributed by atoms with E-state index in [4.69, 9.17) is 4.74 Å². The monoisotopic (exact) mass is 487 g/mol. The summed E-state index contributed by atoms with van der Waals surface area (Å²) in [6.07, 6.45) is 11.0. The molecule has 6 nitrogen and oxygen atoms in total. The Labute approximate surface area is 198 Å². The van der Waals surface area contributed by atoms with Gasteiger partial charge in [0.05, 0.1) is 11.8 Å². The number of unbranched alkanes of at least 4 members (excludes halogenated alkanes) is 4. The molecule has 0 heterocycles. The average molecular weight is 488 g/mol. The molecule has 1 saturated carbocycles. The van der Waals surface area contributed by atoms with E-state index < -0.39 is 21.8 Å². The molecule has 0 aromatic heterocycles. The van der Waals surface area contributed by atoms with Crippen molar-refractivity contribution in [2.45, 2.75) is 69.9 Å². The fraction of sp³-hybridized carbons (Fsp3) is 0.667. The maximum absolute atomic E-state index is 13.4. The number of anilines is 1. The number of likely N-dealkylation sites (N-methyl/N-ethyl adjacent to an activating group) is 1. The van der Waals surface area contributed by atoms with Crippen LogP contribution in [0.25, 0.3) is 0 Å². The van der Waals surface area contributed by atoms with E-state index in [1.54, 1.807) is 0 Å². The van der Waals surface area contributed by atoms with Gasteiger partial charge in [0.15, 0.2) is 11.6 Å². The van der Waals surface area contributed by atoms with Crippen molar-refractivity contribution >= 4 is 15.9 Å². The molecule has 0 bridgehead atoms. The highest BCUT2D eigenvalue weighted by atomic mass is 32.2. The van der Waals surface area contributed by atoms with Gasteiger partial charge < -0.3 is 9.64 Å². The summed E-state index contributed by atoms with van der Waals surface area (Å²) in [5, 5.41) is 0. The first-order chi connectivity index (χ1) is 15.7. The molecule has 1 N–H and O–H groups in total. The van der Waals surface area contributed by atoms with E-state index in [0.29, 0.717) is 12.8 Å². The van der Waals surface area contributed by atoms with E-state index in [9.17, 15) is 17.2 Å². The zero-order valence-electron chi connectivity index (χ0n) is 19.9. The molecule has 0 atom stereocenters. The van der Waals surface area contributed by atoms with Gasteiger partial charge in [-0.1, -0.05) is 25.3 Å². The van der Waals surface area contributed by atoms with Crippen LogP contribution in [0, 0.1) is 11.6 Å². The van der Waals surface area contributed by atoms with Gasteiger partial charge in [0.1, 0.15) is 0 Å². The Hall–Kier alpha value is -1.55. The summed E-state index contributed by atoms with van der Waals surface area (Å²) in [6.45, 7) is 6.54. The third-order valence-corrected chi connectivity index (χ3v) is 7.73. The minimum Gasteiger partial charge on any atom is -0.378 e. The predicted octanol–water partition coefficient (Wildman–Crippen LogP) is 4.95. The molecule has 188 valence electrons. The van der Waals surface area contributed by atoms with Crippen LogP contribution in [0.2, 0.25) is 0 Å². The van der Waals surface area contributed by atoms with Gasteiger partial charge in [-0.15, -0.1) is 6.58 Å². The van der Waals surface area contributed by atoms with Crippen LogP contribution in [-0.4, -0.2) is 63.6 Å². The van der Waals surface area contributed by atoms with Crippen LogP contribution in [0.15, 0.2) is 30.9 Å². The van der Waals surface area contributed by atoms with Gasteiger partial charge in [-0.05, 0) is 64.3 Å². The third kappa shape index (κ3) is 9.68. The van der Waals surface area contributed by atoms with E-state index in [1.807, 2.05) is 6.08 Å². The number of hydrogen-bond donors (Lipinski definition) is 1. The quantitative estimate of drug-likeness (QED) is 0.281. The van der Waals surface area contributed by atoms with E-state index in [2.05, 4.69) is 23.2 Å². The molecule has 0 spiro atoms. The molecule has 0 aliphatic heterocycles. The highest BCUT2D eigenvalue weighted by molar-refractivity contribution is 7.90. The van der Waals surface area contributed by atoms with Crippen molar-refractivity contribution in [3.8, 4) is 0 Å². The van der Waals surface area contributed by atoms with E-state index in [0.717, 1.165) is 57.5 Å². The van der Waals surface area contributed by atoms with Crippen LogP contribution in [0.3, 0.4) is 0 Å². The maximum atomic E-state index is 13.4. The van der Waals surface area contributed by atoms with Crippen LogP contribution >= 0.6 is 0 Å². The summed E-state index contributed by atoms with van der Waals surface area (Å²) >= 11 is 0. The fourth-order valence-electron chi connectivity index (χ4n) is 4.13. The second kappa shape index (κ2) is 14.0. The summed E-state index contributed by atoms with van der Waals surface area (Å²) in [5.41, 5.74) is 0.00144. The van der Waals surface area contributed by atoms with E-state index >= 15 is 0 Å². The molecule has 1 aromatic carbocycles. The second-order valence-electron chi connectivity index (χ2n) is 8.87. The highest BCUT2D eigenvalue weighted by Gasteiger charge is 2.31. The second-order valence-corrected chi connectivity index (χ2v) is 10.6. The van der Waals surface area contributed by atoms with E-state index in [1.165, 1.54) is 36.7 Å². The summed E-state index contributed by atoms with van der Waals surface area (Å²) in [5.74, 6) is -2.11. The van der Waals surface area contributed by atoms with Crippen molar-refractivity contribution in [2.75, 3.05) is 38.5 Å². The third-order valence-electron chi connectivity index (χ3n) is 6.18. The SMILES string of the molecule is C=CCN(C)CCCCCCCOC1CCC(N(C)S(=O)(=O)Nc2ccc(F)c(F)c2)CC1. The standard InChI is InChI=1S/C24H39F2N3O3S/c1-4-16-28(2)17-8-6-5-7-9-18-32-22-13-11-21(12-14-22)29(3)33(30,31)27-20-10-15-23(25)24(26)19-20/h4,10,15,19,21-22,27H,1,5-9,11-14,16-18H2,2-3H3.